The largest absolute Gasteiger partial charge is 0.466 e. The van der Waals surface area contributed by atoms with Crippen LogP contribution in [0.5, 0.6) is 0 Å². The van der Waals surface area contributed by atoms with E-state index in [0.29, 0.717) is 6.61 Å². The minimum atomic E-state index is -0.473. The lowest BCUT2D eigenvalue weighted by molar-refractivity contribution is -0.142. The third-order valence-corrected chi connectivity index (χ3v) is 1.04. The first kappa shape index (κ1) is 10.7. The molecule has 4 heteroatoms. The maximum Gasteiger partial charge on any atom is 0.330 e. The average molecular weight is 172 g/mol. The zero-order valence-electron chi connectivity index (χ0n) is 7.20. The molecule has 0 aliphatic heterocycles. The van der Waals surface area contributed by atoms with E-state index in [4.69, 9.17) is 0 Å². The minimum Gasteiger partial charge on any atom is -0.466 e. The number of hydrogen-bond donors (Lipinski definition) is 0. The maximum absolute atomic E-state index is 10.7. The van der Waals surface area contributed by atoms with Crippen LogP contribution in [0.2, 0.25) is 0 Å². The first-order chi connectivity index (χ1) is 5.70. The van der Waals surface area contributed by atoms with Gasteiger partial charge in [-0.15, -0.1) is 0 Å². The molecular weight excluding hydrogens is 160 g/mol. The predicted molar refractivity (Wildman–Crippen MR) is 42.4 cm³/mol. The summed E-state index contributed by atoms with van der Waals surface area (Å²) in [6, 6.07) is 0. The Labute approximate surface area is 71.2 Å². The van der Waals surface area contributed by atoms with E-state index in [2.05, 4.69) is 9.47 Å². The minimum absolute atomic E-state index is 0.100. The van der Waals surface area contributed by atoms with Gasteiger partial charge in [0, 0.05) is 6.08 Å². The van der Waals surface area contributed by atoms with Crippen molar-refractivity contribution in [2.24, 2.45) is 0 Å². The van der Waals surface area contributed by atoms with Gasteiger partial charge in [0.15, 0.2) is 0 Å². The number of carbonyl (C=O) groups is 2. The molecule has 0 N–H and O–H groups in total. The summed E-state index contributed by atoms with van der Waals surface area (Å²) in [6.45, 7) is 2.08. The Bertz CT molecular complexity index is 183. The van der Waals surface area contributed by atoms with E-state index in [-0.39, 0.29) is 12.4 Å². The molecule has 0 aromatic rings. The normalized spacial score (nSPS) is 9.83. The van der Waals surface area contributed by atoms with Crippen molar-refractivity contribution in [3.63, 3.8) is 0 Å². The van der Waals surface area contributed by atoms with Crippen LogP contribution in [0.3, 0.4) is 0 Å². The quantitative estimate of drug-likeness (QED) is 0.462. The van der Waals surface area contributed by atoms with Crippen molar-refractivity contribution < 1.29 is 19.1 Å². The summed E-state index contributed by atoms with van der Waals surface area (Å²) in [5.74, 6) is -0.822. The Morgan fingerprint density at radius 2 is 2.08 bits per heavy atom. The Kier molecular flexibility index (Phi) is 5.69. The van der Waals surface area contributed by atoms with Gasteiger partial charge in [0.1, 0.15) is 0 Å². The van der Waals surface area contributed by atoms with Crippen LogP contribution >= 0.6 is 0 Å². The molecule has 0 aromatic heterocycles. The van der Waals surface area contributed by atoms with Crippen molar-refractivity contribution in [2.45, 2.75) is 13.3 Å². The Morgan fingerprint density at radius 3 is 2.58 bits per heavy atom. The lowest BCUT2D eigenvalue weighted by Crippen LogP contribution is -2.02. The lowest BCUT2D eigenvalue weighted by atomic mass is 10.4. The molecule has 68 valence electrons. The summed E-state index contributed by atoms with van der Waals surface area (Å²) in [7, 11) is 1.27. The van der Waals surface area contributed by atoms with Crippen LogP contribution in [0, 0.1) is 0 Å². The van der Waals surface area contributed by atoms with E-state index < -0.39 is 5.97 Å². The molecule has 0 bridgehead atoms. The van der Waals surface area contributed by atoms with Crippen LogP contribution in [0.25, 0.3) is 0 Å². The summed E-state index contributed by atoms with van der Waals surface area (Å²) in [5, 5.41) is 0. The second-order valence-electron chi connectivity index (χ2n) is 1.93. The Balaban J connectivity index is 3.59. The van der Waals surface area contributed by atoms with Crippen molar-refractivity contribution in [1.82, 2.24) is 0 Å². The zero-order chi connectivity index (χ0) is 9.40. The molecule has 0 atom stereocenters. The van der Waals surface area contributed by atoms with Crippen LogP contribution in [-0.2, 0) is 19.1 Å². The zero-order valence-corrected chi connectivity index (χ0v) is 7.20. The van der Waals surface area contributed by atoms with E-state index in [1.807, 2.05) is 0 Å². The van der Waals surface area contributed by atoms with E-state index in [9.17, 15) is 9.59 Å². The van der Waals surface area contributed by atoms with Crippen LogP contribution < -0.4 is 0 Å². The van der Waals surface area contributed by atoms with Crippen LogP contribution in [0.4, 0.5) is 0 Å². The van der Waals surface area contributed by atoms with Crippen LogP contribution in [0.15, 0.2) is 12.2 Å². The standard InChI is InChI=1S/C8H12O4/c1-3-12-8(10)6-4-5-7(9)11-2/h4-5H,3,6H2,1-2H3. The van der Waals surface area contributed by atoms with E-state index in [1.165, 1.54) is 19.3 Å². The van der Waals surface area contributed by atoms with E-state index in [0.717, 1.165) is 0 Å². The molecule has 0 heterocycles. The summed E-state index contributed by atoms with van der Waals surface area (Å²) in [6.07, 6.45) is 2.70. The highest BCUT2D eigenvalue weighted by Crippen LogP contribution is 1.89. The van der Waals surface area contributed by atoms with Crippen molar-refractivity contribution in [3.05, 3.63) is 12.2 Å². The van der Waals surface area contributed by atoms with Crippen molar-refractivity contribution in [2.75, 3.05) is 13.7 Å². The van der Waals surface area contributed by atoms with Gasteiger partial charge in [-0.3, -0.25) is 4.79 Å². The molecule has 0 saturated carbocycles. The highest BCUT2D eigenvalue weighted by Gasteiger charge is 1.97. The highest BCUT2D eigenvalue weighted by molar-refractivity contribution is 5.83. The average Bonchev–Trinajstić information content (AvgIpc) is 2.04. The summed E-state index contributed by atoms with van der Waals surface area (Å²) >= 11 is 0. The van der Waals surface area contributed by atoms with E-state index in [1.54, 1.807) is 6.92 Å². The van der Waals surface area contributed by atoms with E-state index >= 15 is 0 Å². The third kappa shape index (κ3) is 5.46. The van der Waals surface area contributed by atoms with Gasteiger partial charge in [-0.1, -0.05) is 6.08 Å². The number of rotatable bonds is 4. The molecule has 12 heavy (non-hydrogen) atoms. The first-order valence-corrected chi connectivity index (χ1v) is 3.60. The second kappa shape index (κ2) is 6.39. The fourth-order valence-corrected chi connectivity index (χ4v) is 0.539. The number of carbonyl (C=O) groups excluding carboxylic acids is 2. The lowest BCUT2D eigenvalue weighted by Gasteiger charge is -1.96. The van der Waals surface area contributed by atoms with Crippen molar-refractivity contribution >= 4 is 11.9 Å². The number of ether oxygens (including phenoxy) is 2. The first-order valence-electron chi connectivity index (χ1n) is 3.60. The fraction of sp³-hybridized carbons (Fsp3) is 0.500. The van der Waals surface area contributed by atoms with Crippen molar-refractivity contribution in [3.8, 4) is 0 Å². The monoisotopic (exact) mass is 172 g/mol. The summed E-state index contributed by atoms with van der Waals surface area (Å²) in [5.41, 5.74) is 0. The number of methoxy groups -OCH3 is 1. The Hall–Kier alpha value is -1.32. The third-order valence-electron chi connectivity index (χ3n) is 1.04. The summed E-state index contributed by atoms with van der Waals surface area (Å²) < 4.78 is 8.93. The topological polar surface area (TPSA) is 52.6 Å². The fourth-order valence-electron chi connectivity index (χ4n) is 0.539. The molecule has 0 fully saturated rings. The molecule has 0 spiro atoms. The van der Waals surface area contributed by atoms with Gasteiger partial charge in [0.25, 0.3) is 0 Å². The van der Waals surface area contributed by atoms with Gasteiger partial charge >= 0.3 is 11.9 Å². The number of esters is 2. The van der Waals surface area contributed by atoms with Gasteiger partial charge in [-0.25, -0.2) is 4.79 Å². The van der Waals surface area contributed by atoms with Crippen molar-refractivity contribution in [1.29, 1.82) is 0 Å². The van der Waals surface area contributed by atoms with Gasteiger partial charge < -0.3 is 9.47 Å². The molecule has 0 aromatic carbocycles. The van der Waals surface area contributed by atoms with Gasteiger partial charge in [-0.05, 0) is 6.92 Å². The number of hydrogen-bond acceptors (Lipinski definition) is 4. The Morgan fingerprint density at radius 1 is 1.42 bits per heavy atom. The molecule has 0 unspecified atom stereocenters. The molecule has 0 saturated heterocycles. The van der Waals surface area contributed by atoms with Crippen LogP contribution in [-0.4, -0.2) is 25.7 Å². The summed E-state index contributed by atoms with van der Waals surface area (Å²) in [4.78, 5) is 21.2. The smallest absolute Gasteiger partial charge is 0.330 e. The van der Waals surface area contributed by atoms with Gasteiger partial charge in [0.2, 0.25) is 0 Å². The molecule has 0 aliphatic rings. The second-order valence-corrected chi connectivity index (χ2v) is 1.93. The maximum atomic E-state index is 10.7. The highest BCUT2D eigenvalue weighted by atomic mass is 16.5. The SMILES string of the molecule is CCOC(=O)CC=CC(=O)OC. The van der Waals surface area contributed by atoms with Gasteiger partial charge in [-0.2, -0.15) is 0 Å². The van der Waals surface area contributed by atoms with Gasteiger partial charge in [0.05, 0.1) is 20.1 Å². The predicted octanol–water partition coefficient (Wildman–Crippen LogP) is 0.669. The molecular formula is C8H12O4. The van der Waals surface area contributed by atoms with Crippen LogP contribution in [0.1, 0.15) is 13.3 Å². The molecule has 0 radical (unpaired) electrons. The molecule has 4 nitrogen and oxygen atoms in total. The molecule has 0 rings (SSSR count). The molecule has 0 aliphatic carbocycles. The molecule has 0 amide bonds.